The minimum Gasteiger partial charge on any atom is -0.353 e. The molecule has 4 aromatic rings. The predicted octanol–water partition coefficient (Wildman–Crippen LogP) is 3.82. The molecule has 2 amide bonds. The monoisotopic (exact) mass is 422 g/mol. The summed E-state index contributed by atoms with van der Waals surface area (Å²) in [5.41, 5.74) is 5.15. The summed E-state index contributed by atoms with van der Waals surface area (Å²) in [6, 6.07) is 14.4. The van der Waals surface area contributed by atoms with E-state index < -0.39 is 0 Å². The van der Waals surface area contributed by atoms with E-state index in [2.05, 4.69) is 49.7 Å². The Labute approximate surface area is 179 Å². The van der Waals surface area contributed by atoms with Crippen LogP contribution in [0.15, 0.2) is 42.5 Å². The lowest BCUT2D eigenvalue weighted by Gasteiger charge is -2.34. The van der Waals surface area contributed by atoms with Crippen molar-refractivity contribution in [3.05, 3.63) is 53.1 Å². The van der Waals surface area contributed by atoms with Gasteiger partial charge in [0.2, 0.25) is 0 Å². The van der Waals surface area contributed by atoms with Crippen LogP contribution in [-0.2, 0) is 6.54 Å². The molecule has 0 atom stereocenters. The topological polar surface area (TPSA) is 80.1 Å². The molecule has 0 saturated carbocycles. The van der Waals surface area contributed by atoms with Gasteiger partial charge in [-0.25, -0.2) is 4.79 Å². The van der Waals surface area contributed by atoms with Gasteiger partial charge in [0.25, 0.3) is 0 Å². The first-order valence-corrected chi connectivity index (χ1v) is 10.4. The van der Waals surface area contributed by atoms with Gasteiger partial charge in [0.15, 0.2) is 0 Å². The first kappa shape index (κ1) is 19.0. The second-order valence-electron chi connectivity index (χ2n) is 7.69. The van der Waals surface area contributed by atoms with Gasteiger partial charge in [0.05, 0.1) is 11.2 Å². The number of aromatic nitrogens is 3. The van der Waals surface area contributed by atoms with Crippen molar-refractivity contribution in [2.75, 3.05) is 33.2 Å². The molecule has 0 bridgehead atoms. The highest BCUT2D eigenvalue weighted by Crippen LogP contribution is 2.30. The molecule has 1 fully saturated rings. The molecule has 0 radical (unpaired) electrons. The average molecular weight is 423 g/mol. The first-order chi connectivity index (χ1) is 14.6. The maximum atomic E-state index is 11.8. The van der Waals surface area contributed by atoms with Gasteiger partial charge in [-0.15, -0.1) is 0 Å². The van der Waals surface area contributed by atoms with Crippen LogP contribution in [-0.4, -0.2) is 64.2 Å². The predicted molar refractivity (Wildman–Crippen MR) is 120 cm³/mol. The third-order valence-electron chi connectivity index (χ3n) is 5.74. The molecule has 1 aliphatic rings. The first-order valence-electron chi connectivity index (χ1n) is 10.1. The Morgan fingerprint density at radius 3 is 2.73 bits per heavy atom. The molecule has 154 valence electrons. The fourth-order valence-electron chi connectivity index (χ4n) is 4.13. The Morgan fingerprint density at radius 1 is 1.10 bits per heavy atom. The van der Waals surface area contributed by atoms with Crippen molar-refractivity contribution < 1.29 is 4.79 Å². The van der Waals surface area contributed by atoms with E-state index in [-0.39, 0.29) is 6.03 Å². The lowest BCUT2D eigenvalue weighted by molar-refractivity contribution is 0.136. The molecule has 5 rings (SSSR count). The summed E-state index contributed by atoms with van der Waals surface area (Å²) in [6.45, 7) is 4.15. The smallest absolute Gasteiger partial charge is 0.317 e. The Hall–Kier alpha value is -3.03. The summed E-state index contributed by atoms with van der Waals surface area (Å²) in [6.07, 6.45) is 0. The van der Waals surface area contributed by atoms with Crippen molar-refractivity contribution in [3.63, 3.8) is 0 Å². The van der Waals surface area contributed by atoms with E-state index in [1.165, 1.54) is 5.56 Å². The number of nitrogens with one attached hydrogen (secondary N) is 3. The molecular weight excluding hydrogens is 400 g/mol. The lowest BCUT2D eigenvalue weighted by atomic mass is 10.1. The van der Waals surface area contributed by atoms with Crippen LogP contribution in [0.1, 0.15) is 5.56 Å². The second-order valence-corrected chi connectivity index (χ2v) is 8.12. The normalized spacial score (nSPS) is 15.2. The highest BCUT2D eigenvalue weighted by molar-refractivity contribution is 6.31. The summed E-state index contributed by atoms with van der Waals surface area (Å²) < 4.78 is 0. The van der Waals surface area contributed by atoms with Crippen LogP contribution in [0.3, 0.4) is 0 Å². The SMILES string of the molecule is CNC(=O)N1CCN(Cc2ccc3[nH]c(-c4n[nH]c5cc(Cl)ccc45)cc3c2)CC1. The number of amides is 2. The highest BCUT2D eigenvalue weighted by atomic mass is 35.5. The second kappa shape index (κ2) is 7.66. The molecule has 7 nitrogen and oxygen atoms in total. The molecule has 8 heteroatoms. The Bertz CT molecular complexity index is 1220. The van der Waals surface area contributed by atoms with E-state index >= 15 is 0 Å². The highest BCUT2D eigenvalue weighted by Gasteiger charge is 2.20. The van der Waals surface area contributed by atoms with Crippen LogP contribution in [0.5, 0.6) is 0 Å². The van der Waals surface area contributed by atoms with Crippen LogP contribution in [0.2, 0.25) is 5.02 Å². The number of benzene rings is 2. The van der Waals surface area contributed by atoms with Crippen molar-refractivity contribution >= 4 is 39.4 Å². The summed E-state index contributed by atoms with van der Waals surface area (Å²) >= 11 is 6.08. The van der Waals surface area contributed by atoms with Crippen molar-refractivity contribution in [2.24, 2.45) is 0 Å². The van der Waals surface area contributed by atoms with Crippen LogP contribution in [0, 0.1) is 0 Å². The van der Waals surface area contributed by atoms with Crippen molar-refractivity contribution in [1.29, 1.82) is 0 Å². The van der Waals surface area contributed by atoms with Crippen molar-refractivity contribution in [2.45, 2.75) is 6.54 Å². The van der Waals surface area contributed by atoms with E-state index in [1.54, 1.807) is 7.05 Å². The standard InChI is InChI=1S/C22H23ClN6O/c1-24-22(30)29-8-6-28(7-9-29)13-14-2-5-18-15(10-14)11-20(25-18)21-17-4-3-16(23)12-19(17)26-27-21/h2-5,10-12,25H,6-9,13H2,1H3,(H,24,30)(H,26,27). The Morgan fingerprint density at radius 2 is 1.93 bits per heavy atom. The van der Waals surface area contributed by atoms with Gasteiger partial charge in [-0.1, -0.05) is 17.7 Å². The maximum Gasteiger partial charge on any atom is 0.317 e. The van der Waals surface area contributed by atoms with E-state index in [0.29, 0.717) is 5.02 Å². The fourth-order valence-corrected chi connectivity index (χ4v) is 4.30. The summed E-state index contributed by atoms with van der Waals surface area (Å²) in [4.78, 5) is 19.5. The third kappa shape index (κ3) is 3.51. The van der Waals surface area contributed by atoms with Crippen LogP contribution in [0.4, 0.5) is 4.79 Å². The maximum absolute atomic E-state index is 11.8. The molecular formula is C22H23ClN6O. The number of nitrogens with zero attached hydrogens (tertiary/aromatic N) is 3. The zero-order chi connectivity index (χ0) is 20.7. The van der Waals surface area contributed by atoms with Gasteiger partial charge in [-0.2, -0.15) is 5.10 Å². The quantitative estimate of drug-likeness (QED) is 0.469. The zero-order valence-corrected chi connectivity index (χ0v) is 17.5. The average Bonchev–Trinajstić information content (AvgIpc) is 3.36. The van der Waals surface area contributed by atoms with Gasteiger partial charge in [0, 0.05) is 61.1 Å². The zero-order valence-electron chi connectivity index (χ0n) is 16.7. The number of piperazine rings is 1. The van der Waals surface area contributed by atoms with E-state index in [1.807, 2.05) is 23.1 Å². The van der Waals surface area contributed by atoms with Gasteiger partial charge in [-0.3, -0.25) is 10.00 Å². The number of urea groups is 1. The molecule has 1 aliphatic heterocycles. The minimum absolute atomic E-state index is 0.00378. The summed E-state index contributed by atoms with van der Waals surface area (Å²) in [5.74, 6) is 0. The number of carbonyl (C=O) groups is 1. The van der Waals surface area contributed by atoms with Gasteiger partial charge in [0.1, 0.15) is 5.69 Å². The van der Waals surface area contributed by atoms with E-state index in [4.69, 9.17) is 11.6 Å². The Kier molecular flexibility index (Phi) is 4.84. The molecule has 1 saturated heterocycles. The van der Waals surface area contributed by atoms with Crippen LogP contribution in [0.25, 0.3) is 33.2 Å². The van der Waals surface area contributed by atoms with Gasteiger partial charge < -0.3 is 15.2 Å². The molecule has 3 N–H and O–H groups in total. The number of hydrogen-bond donors (Lipinski definition) is 3. The number of carbonyl (C=O) groups excluding carboxylic acids is 1. The molecule has 30 heavy (non-hydrogen) atoms. The van der Waals surface area contributed by atoms with Gasteiger partial charge in [-0.05, 0) is 42.0 Å². The lowest BCUT2D eigenvalue weighted by Crippen LogP contribution is -2.50. The number of rotatable bonds is 3. The molecule has 0 aliphatic carbocycles. The van der Waals surface area contributed by atoms with Crippen LogP contribution >= 0.6 is 11.6 Å². The minimum atomic E-state index is 0.00378. The summed E-state index contributed by atoms with van der Waals surface area (Å²) in [7, 11) is 1.68. The Balaban J connectivity index is 1.35. The largest absolute Gasteiger partial charge is 0.353 e. The number of fused-ring (bicyclic) bond motifs is 2. The van der Waals surface area contributed by atoms with Crippen molar-refractivity contribution in [3.8, 4) is 11.4 Å². The number of halogens is 1. The third-order valence-corrected chi connectivity index (χ3v) is 5.98. The van der Waals surface area contributed by atoms with Gasteiger partial charge >= 0.3 is 6.03 Å². The van der Waals surface area contributed by atoms with E-state index in [9.17, 15) is 4.79 Å². The summed E-state index contributed by atoms with van der Waals surface area (Å²) in [5, 5.41) is 13.1. The molecule has 2 aromatic heterocycles. The van der Waals surface area contributed by atoms with Crippen molar-refractivity contribution in [1.82, 2.24) is 30.3 Å². The number of H-pyrrole nitrogens is 2. The molecule has 3 heterocycles. The number of hydrogen-bond acceptors (Lipinski definition) is 3. The molecule has 0 unspecified atom stereocenters. The fraction of sp³-hybridized carbons (Fsp3) is 0.273. The van der Waals surface area contributed by atoms with Crippen LogP contribution < -0.4 is 5.32 Å². The van der Waals surface area contributed by atoms with E-state index in [0.717, 1.165) is 65.9 Å². The molecule has 0 spiro atoms. The molecule has 2 aromatic carbocycles. The number of aromatic amines is 2.